The second kappa shape index (κ2) is 7.50. The lowest BCUT2D eigenvalue weighted by Gasteiger charge is -2.28. The SMILES string of the molecule is CCC(C)N(CC(=O)O)C(=O)NC(C)c1ccc(Cl)s1. The first-order valence-corrected chi connectivity index (χ1v) is 7.58. The number of carbonyl (C=O) groups excluding carboxylic acids is 1. The molecule has 112 valence electrons. The smallest absolute Gasteiger partial charge is 0.323 e. The number of carbonyl (C=O) groups is 2. The van der Waals surface area contributed by atoms with Crippen LogP contribution in [0.5, 0.6) is 0 Å². The minimum atomic E-state index is -1.02. The van der Waals surface area contributed by atoms with Gasteiger partial charge in [-0.15, -0.1) is 11.3 Å². The van der Waals surface area contributed by atoms with Gasteiger partial charge in [0.15, 0.2) is 0 Å². The van der Waals surface area contributed by atoms with E-state index >= 15 is 0 Å². The zero-order valence-corrected chi connectivity index (χ0v) is 13.3. The molecule has 0 aliphatic carbocycles. The molecule has 1 rings (SSSR count). The summed E-state index contributed by atoms with van der Waals surface area (Å²) < 4.78 is 0.658. The van der Waals surface area contributed by atoms with Crippen LogP contribution in [-0.4, -0.2) is 34.6 Å². The first-order valence-electron chi connectivity index (χ1n) is 6.39. The number of thiophene rings is 1. The molecule has 0 aliphatic rings. The van der Waals surface area contributed by atoms with Crippen LogP contribution >= 0.6 is 22.9 Å². The van der Waals surface area contributed by atoms with E-state index in [1.54, 1.807) is 6.07 Å². The molecule has 1 aromatic heterocycles. The summed E-state index contributed by atoms with van der Waals surface area (Å²) in [4.78, 5) is 25.3. The number of carboxylic acids is 1. The van der Waals surface area contributed by atoms with Gasteiger partial charge in [0.1, 0.15) is 6.54 Å². The lowest BCUT2D eigenvalue weighted by atomic mass is 10.2. The van der Waals surface area contributed by atoms with Crippen LogP contribution in [0.15, 0.2) is 12.1 Å². The quantitative estimate of drug-likeness (QED) is 0.845. The third-order valence-corrected chi connectivity index (χ3v) is 4.46. The summed E-state index contributed by atoms with van der Waals surface area (Å²) in [6.07, 6.45) is 0.694. The Morgan fingerprint density at radius 1 is 1.45 bits per heavy atom. The first kappa shape index (κ1) is 16.8. The molecule has 20 heavy (non-hydrogen) atoms. The van der Waals surface area contributed by atoms with Crippen LogP contribution in [-0.2, 0) is 4.79 Å². The van der Waals surface area contributed by atoms with Crippen molar-refractivity contribution in [2.75, 3.05) is 6.54 Å². The number of aliphatic carboxylic acids is 1. The van der Waals surface area contributed by atoms with Crippen molar-refractivity contribution < 1.29 is 14.7 Å². The van der Waals surface area contributed by atoms with Gasteiger partial charge in [-0.3, -0.25) is 4.79 Å². The van der Waals surface area contributed by atoms with Crippen molar-refractivity contribution in [3.8, 4) is 0 Å². The van der Waals surface area contributed by atoms with Crippen molar-refractivity contribution in [2.45, 2.75) is 39.3 Å². The van der Waals surface area contributed by atoms with E-state index in [-0.39, 0.29) is 24.7 Å². The summed E-state index contributed by atoms with van der Waals surface area (Å²) in [5, 5.41) is 11.7. The number of nitrogens with one attached hydrogen (secondary N) is 1. The van der Waals surface area contributed by atoms with E-state index in [0.717, 1.165) is 4.88 Å². The molecule has 0 spiro atoms. The Morgan fingerprint density at radius 3 is 2.55 bits per heavy atom. The molecule has 2 atom stereocenters. The van der Waals surface area contributed by atoms with E-state index in [2.05, 4.69) is 5.32 Å². The monoisotopic (exact) mass is 318 g/mol. The minimum absolute atomic E-state index is 0.134. The maximum Gasteiger partial charge on any atom is 0.323 e. The third kappa shape index (κ3) is 4.68. The molecule has 1 aromatic rings. The van der Waals surface area contributed by atoms with Gasteiger partial charge in [-0.05, 0) is 32.4 Å². The van der Waals surface area contributed by atoms with E-state index in [4.69, 9.17) is 16.7 Å². The highest BCUT2D eigenvalue weighted by atomic mass is 35.5. The number of rotatable bonds is 6. The Labute approximate surface area is 127 Å². The zero-order valence-electron chi connectivity index (χ0n) is 11.7. The van der Waals surface area contributed by atoms with Crippen molar-refractivity contribution in [1.29, 1.82) is 0 Å². The molecule has 0 radical (unpaired) electrons. The molecule has 0 fully saturated rings. The topological polar surface area (TPSA) is 69.6 Å². The van der Waals surface area contributed by atoms with Crippen LogP contribution < -0.4 is 5.32 Å². The molecule has 2 amide bonds. The standard InChI is InChI=1S/C13H19ClN2O3S/c1-4-8(2)16(7-12(17)18)13(19)15-9(3)10-5-6-11(14)20-10/h5-6,8-9H,4,7H2,1-3H3,(H,15,19)(H,17,18). The number of carboxylic acid groups (broad SMARTS) is 1. The van der Waals surface area contributed by atoms with Crippen LogP contribution in [0.2, 0.25) is 4.34 Å². The van der Waals surface area contributed by atoms with Crippen molar-refractivity contribution >= 4 is 34.9 Å². The molecular formula is C13H19ClN2O3S. The largest absolute Gasteiger partial charge is 0.480 e. The first-order chi connectivity index (χ1) is 9.35. The van der Waals surface area contributed by atoms with Gasteiger partial charge in [-0.25, -0.2) is 4.79 Å². The highest BCUT2D eigenvalue weighted by molar-refractivity contribution is 7.16. The van der Waals surface area contributed by atoms with Crippen molar-refractivity contribution in [1.82, 2.24) is 10.2 Å². The second-order valence-corrected chi connectivity index (χ2v) is 6.34. The predicted molar refractivity (Wildman–Crippen MR) is 80.4 cm³/mol. The van der Waals surface area contributed by atoms with Crippen molar-refractivity contribution in [3.63, 3.8) is 0 Å². The van der Waals surface area contributed by atoms with Crippen molar-refractivity contribution in [2.24, 2.45) is 0 Å². The highest BCUT2D eigenvalue weighted by Gasteiger charge is 2.23. The third-order valence-electron chi connectivity index (χ3n) is 3.05. The molecule has 2 unspecified atom stereocenters. The van der Waals surface area contributed by atoms with Crippen LogP contribution in [0, 0.1) is 0 Å². The van der Waals surface area contributed by atoms with Gasteiger partial charge >= 0.3 is 12.0 Å². The average Bonchev–Trinajstić information content (AvgIpc) is 2.81. The molecule has 0 saturated carbocycles. The lowest BCUT2D eigenvalue weighted by Crippen LogP contribution is -2.47. The number of halogens is 1. The normalized spacial score (nSPS) is 13.6. The van der Waals surface area contributed by atoms with E-state index in [1.807, 2.05) is 26.8 Å². The Hall–Kier alpha value is -1.27. The van der Waals surface area contributed by atoms with Gasteiger partial charge in [0.05, 0.1) is 10.4 Å². The zero-order chi connectivity index (χ0) is 15.3. The Balaban J connectivity index is 2.72. The van der Waals surface area contributed by atoms with Gasteiger partial charge < -0.3 is 15.3 Å². The van der Waals surface area contributed by atoms with E-state index in [9.17, 15) is 9.59 Å². The number of nitrogens with zero attached hydrogens (tertiary/aromatic N) is 1. The van der Waals surface area contributed by atoms with Crippen LogP contribution in [0.3, 0.4) is 0 Å². The van der Waals surface area contributed by atoms with Gasteiger partial charge in [0.2, 0.25) is 0 Å². The molecule has 0 aromatic carbocycles. The molecule has 5 nitrogen and oxygen atoms in total. The molecule has 0 saturated heterocycles. The molecule has 0 bridgehead atoms. The predicted octanol–water partition coefficient (Wildman–Crippen LogP) is 3.36. The number of hydrogen-bond acceptors (Lipinski definition) is 3. The summed E-state index contributed by atoms with van der Waals surface area (Å²) in [7, 11) is 0. The molecule has 0 aliphatic heterocycles. The Morgan fingerprint density at radius 2 is 2.10 bits per heavy atom. The Bertz CT molecular complexity index is 478. The van der Waals surface area contributed by atoms with Crippen LogP contribution in [0.25, 0.3) is 0 Å². The summed E-state index contributed by atoms with van der Waals surface area (Å²) >= 11 is 7.26. The highest BCUT2D eigenvalue weighted by Crippen LogP contribution is 2.26. The van der Waals surface area contributed by atoms with Gasteiger partial charge in [-0.2, -0.15) is 0 Å². The fourth-order valence-corrected chi connectivity index (χ4v) is 2.76. The molecule has 2 N–H and O–H groups in total. The summed E-state index contributed by atoms with van der Waals surface area (Å²) in [6.45, 7) is 5.28. The number of hydrogen-bond donors (Lipinski definition) is 2. The molecule has 1 heterocycles. The molecular weight excluding hydrogens is 300 g/mol. The Kier molecular flexibility index (Phi) is 6.29. The van der Waals surface area contributed by atoms with Gasteiger partial charge in [0, 0.05) is 10.9 Å². The summed E-state index contributed by atoms with van der Waals surface area (Å²) in [5.41, 5.74) is 0. The number of amides is 2. The van der Waals surface area contributed by atoms with E-state index in [0.29, 0.717) is 10.8 Å². The summed E-state index contributed by atoms with van der Waals surface area (Å²) in [6, 6.07) is 2.90. The fraction of sp³-hybridized carbons (Fsp3) is 0.538. The minimum Gasteiger partial charge on any atom is -0.480 e. The van der Waals surface area contributed by atoms with Gasteiger partial charge in [0.25, 0.3) is 0 Å². The van der Waals surface area contributed by atoms with Crippen molar-refractivity contribution in [3.05, 3.63) is 21.3 Å². The van der Waals surface area contributed by atoms with Crippen LogP contribution in [0.1, 0.15) is 38.1 Å². The number of urea groups is 1. The average molecular weight is 319 g/mol. The maximum atomic E-state index is 12.2. The van der Waals surface area contributed by atoms with E-state index < -0.39 is 5.97 Å². The molecule has 7 heteroatoms. The van der Waals surface area contributed by atoms with Gasteiger partial charge in [-0.1, -0.05) is 18.5 Å². The lowest BCUT2D eigenvalue weighted by molar-refractivity contribution is -0.138. The maximum absolute atomic E-state index is 12.2. The summed E-state index contributed by atoms with van der Waals surface area (Å²) in [5.74, 6) is -1.02. The fourth-order valence-electron chi connectivity index (χ4n) is 1.69. The second-order valence-electron chi connectivity index (χ2n) is 4.59. The van der Waals surface area contributed by atoms with Crippen LogP contribution in [0.4, 0.5) is 4.79 Å². The van der Waals surface area contributed by atoms with E-state index in [1.165, 1.54) is 16.2 Å².